The largest absolute Gasteiger partial charge is 0.292 e. The van der Waals surface area contributed by atoms with Crippen LogP contribution in [0.2, 0.25) is 0 Å². The third-order valence-corrected chi connectivity index (χ3v) is 24.6. The summed E-state index contributed by atoms with van der Waals surface area (Å²) in [6.07, 6.45) is 7.35. The number of nitrogens with zero attached hydrogens (tertiary/aromatic N) is 4. The van der Waals surface area contributed by atoms with Gasteiger partial charge in [-0.2, -0.15) is 0 Å². The highest BCUT2D eigenvalue weighted by Crippen LogP contribution is 2.47. The first kappa shape index (κ1) is 43.8. The number of hydrogen-bond acceptors (Lipinski definition) is 5. The number of pyridine rings is 3. The SMILES string of the molecule is S=P(c1ccncc1)(c1ccncc1)c1ccc2cc(-c3ccc4nc5c6c7ccccc7ccc6c6ccc(-c7ccc(P(=S)(c8ccccc8)c8ccccc8)c8ccccc78)cc6n5c4c3)ccc2c1. The standard InChI is InChI=1S/C65H42N4P2S2/c72-70(51-31-35-66-36-32-51,52-33-37-67-38-34-52)53-25-21-45-39-44(19-20-46(45)40-53)47-24-29-60-62(41-47)69-61-42-48(23-26-57(61)59-27-22-43-11-7-8-16-55(43)64(59)65(69)68-60)54-28-30-63(58-18-10-9-17-56(54)58)71(73,49-12-3-1-4-13-49)50-14-5-2-6-15-50/h1-42H. The smallest absolute Gasteiger partial charge is 0.147 e. The minimum Gasteiger partial charge on any atom is -0.292 e. The van der Waals surface area contributed by atoms with E-state index in [4.69, 9.17) is 28.6 Å². The zero-order valence-corrected chi connectivity index (χ0v) is 42.7. The minimum absolute atomic E-state index is 0.945. The van der Waals surface area contributed by atoms with Crippen LogP contribution >= 0.6 is 12.1 Å². The molecule has 0 amide bonds. The number of hydrogen-bond donors (Lipinski definition) is 0. The van der Waals surface area contributed by atoms with E-state index < -0.39 is 12.1 Å². The van der Waals surface area contributed by atoms with E-state index in [9.17, 15) is 0 Å². The molecular formula is C65H42N4P2S2. The topological polar surface area (TPSA) is 43.1 Å². The summed E-state index contributed by atoms with van der Waals surface area (Å²) in [4.78, 5) is 14.1. The number of benzene rings is 10. The van der Waals surface area contributed by atoms with Gasteiger partial charge in [0.2, 0.25) is 0 Å². The van der Waals surface area contributed by atoms with E-state index in [0.717, 1.165) is 76.5 Å². The average Bonchev–Trinajstić information content (AvgIpc) is 3.86. The van der Waals surface area contributed by atoms with Crippen LogP contribution in [0.15, 0.2) is 255 Å². The lowest BCUT2D eigenvalue weighted by Crippen LogP contribution is -2.25. The van der Waals surface area contributed by atoms with E-state index in [-0.39, 0.29) is 0 Å². The Morgan fingerprint density at radius 2 is 0.890 bits per heavy atom. The maximum Gasteiger partial charge on any atom is 0.147 e. The van der Waals surface area contributed by atoms with E-state index >= 15 is 0 Å². The Bertz CT molecular complexity index is 4530. The van der Waals surface area contributed by atoms with Crippen LogP contribution in [0.3, 0.4) is 0 Å². The fourth-order valence-corrected chi connectivity index (χ4v) is 18.9. The normalized spacial score (nSPS) is 12.2. The van der Waals surface area contributed by atoms with Crippen molar-refractivity contribution in [3.8, 4) is 22.3 Å². The van der Waals surface area contributed by atoms with Gasteiger partial charge in [-0.1, -0.05) is 200 Å². The van der Waals surface area contributed by atoms with Crippen molar-refractivity contribution in [2.24, 2.45) is 0 Å². The quantitative estimate of drug-likeness (QED) is 0.112. The van der Waals surface area contributed by atoms with Gasteiger partial charge in [0, 0.05) is 52.9 Å². The summed E-state index contributed by atoms with van der Waals surface area (Å²) in [5, 5.41) is 17.5. The molecular weight excluding hydrogens is 963 g/mol. The van der Waals surface area contributed by atoms with E-state index in [1.807, 2.05) is 24.8 Å². The first-order valence-corrected chi connectivity index (χ1v) is 29.9. The van der Waals surface area contributed by atoms with Crippen LogP contribution in [0.25, 0.3) is 92.9 Å². The second-order valence-corrected chi connectivity index (χ2v) is 27.4. The lowest BCUT2D eigenvalue weighted by Gasteiger charge is -2.26. The summed E-state index contributed by atoms with van der Waals surface area (Å²) in [6.45, 7) is 0. The summed E-state index contributed by atoms with van der Waals surface area (Å²) < 4.78 is 2.41. The summed E-state index contributed by atoms with van der Waals surface area (Å²) in [5.74, 6) is 0. The Balaban J connectivity index is 0.954. The molecule has 0 aliphatic rings. The van der Waals surface area contributed by atoms with Crippen molar-refractivity contribution in [1.82, 2.24) is 19.4 Å². The van der Waals surface area contributed by atoms with Crippen LogP contribution in [0.5, 0.6) is 0 Å². The molecule has 73 heavy (non-hydrogen) atoms. The van der Waals surface area contributed by atoms with Crippen molar-refractivity contribution in [3.63, 3.8) is 0 Å². The third-order valence-electron chi connectivity index (χ3n) is 14.7. The fraction of sp³-hybridized carbons (Fsp3) is 0. The van der Waals surface area contributed by atoms with Gasteiger partial charge in [-0.3, -0.25) is 14.4 Å². The number of imidazole rings is 1. The summed E-state index contributed by atoms with van der Waals surface area (Å²) in [5.41, 5.74) is 8.60. The predicted molar refractivity (Wildman–Crippen MR) is 319 cm³/mol. The van der Waals surface area contributed by atoms with Crippen molar-refractivity contribution in [3.05, 3.63) is 255 Å². The van der Waals surface area contributed by atoms with Crippen molar-refractivity contribution >= 4 is 138 Å². The van der Waals surface area contributed by atoms with E-state index in [1.165, 1.54) is 48.2 Å². The number of rotatable bonds is 8. The lowest BCUT2D eigenvalue weighted by atomic mass is 9.95. The molecule has 344 valence electrons. The van der Waals surface area contributed by atoms with Gasteiger partial charge in [0.15, 0.2) is 0 Å². The predicted octanol–water partition coefficient (Wildman–Crippen LogP) is 13.9. The molecule has 0 radical (unpaired) electrons. The molecule has 10 aromatic carbocycles. The summed E-state index contributed by atoms with van der Waals surface area (Å²) in [6, 6.07) is 78.7. The highest BCUT2D eigenvalue weighted by molar-refractivity contribution is 8.26. The second kappa shape index (κ2) is 17.4. The van der Waals surface area contributed by atoms with Crippen LogP contribution < -0.4 is 31.8 Å². The Kier molecular flexibility index (Phi) is 10.4. The Hall–Kier alpha value is -7.95. The van der Waals surface area contributed by atoms with Gasteiger partial charge in [-0.15, -0.1) is 0 Å². The van der Waals surface area contributed by atoms with Crippen LogP contribution in [0, 0.1) is 0 Å². The first-order chi connectivity index (χ1) is 35.9. The van der Waals surface area contributed by atoms with Gasteiger partial charge in [0.05, 0.1) is 16.6 Å². The van der Waals surface area contributed by atoms with Crippen LogP contribution in [0.4, 0.5) is 0 Å². The molecule has 0 aliphatic carbocycles. The first-order valence-electron chi connectivity index (χ1n) is 24.3. The highest BCUT2D eigenvalue weighted by Gasteiger charge is 2.28. The Morgan fingerprint density at radius 1 is 0.342 bits per heavy atom. The molecule has 4 nitrogen and oxygen atoms in total. The van der Waals surface area contributed by atoms with Crippen LogP contribution in [-0.2, 0) is 23.6 Å². The van der Waals surface area contributed by atoms with Gasteiger partial charge >= 0.3 is 0 Å². The average molecular weight is 1010 g/mol. The number of fused-ring (bicyclic) bond motifs is 12. The monoisotopic (exact) mass is 1000 g/mol. The molecule has 14 rings (SSSR count). The van der Waals surface area contributed by atoms with Crippen molar-refractivity contribution in [1.29, 1.82) is 0 Å². The molecule has 0 N–H and O–H groups in total. The molecule has 0 atom stereocenters. The van der Waals surface area contributed by atoms with Gasteiger partial charge in [-0.05, 0) is 141 Å². The van der Waals surface area contributed by atoms with Crippen LogP contribution in [-0.4, -0.2) is 19.4 Å². The van der Waals surface area contributed by atoms with E-state index in [0.29, 0.717) is 0 Å². The number of aromatic nitrogens is 4. The van der Waals surface area contributed by atoms with Gasteiger partial charge in [0.25, 0.3) is 0 Å². The van der Waals surface area contributed by atoms with Gasteiger partial charge in [-0.25, -0.2) is 4.98 Å². The summed E-state index contributed by atoms with van der Waals surface area (Å²) in [7, 11) is 0. The molecule has 0 aliphatic heterocycles. The Morgan fingerprint density at radius 3 is 1.62 bits per heavy atom. The minimum atomic E-state index is -2.43. The van der Waals surface area contributed by atoms with Crippen molar-refractivity contribution in [2.45, 2.75) is 0 Å². The van der Waals surface area contributed by atoms with Crippen molar-refractivity contribution < 1.29 is 0 Å². The second-order valence-electron chi connectivity index (χ2n) is 18.6. The van der Waals surface area contributed by atoms with Crippen molar-refractivity contribution in [2.75, 3.05) is 0 Å². The lowest BCUT2D eigenvalue weighted by molar-refractivity contribution is 1.32. The van der Waals surface area contributed by atoms with E-state index in [2.05, 4.69) is 245 Å². The zero-order chi connectivity index (χ0) is 48.7. The van der Waals surface area contributed by atoms with E-state index in [1.54, 1.807) is 0 Å². The zero-order valence-electron chi connectivity index (χ0n) is 39.2. The molecule has 4 aromatic heterocycles. The molecule has 4 heterocycles. The molecule has 14 aromatic rings. The maximum atomic E-state index is 6.93. The van der Waals surface area contributed by atoms with Crippen LogP contribution in [0.1, 0.15) is 0 Å². The highest BCUT2D eigenvalue weighted by atomic mass is 32.4. The molecule has 0 saturated carbocycles. The van der Waals surface area contributed by atoms with Gasteiger partial charge < -0.3 is 0 Å². The molecule has 0 bridgehead atoms. The fourth-order valence-electron chi connectivity index (χ4n) is 11.2. The molecule has 0 fully saturated rings. The third kappa shape index (κ3) is 6.97. The molecule has 0 saturated heterocycles. The van der Waals surface area contributed by atoms with Gasteiger partial charge in [0.1, 0.15) is 5.65 Å². The maximum absolute atomic E-state index is 6.93. The molecule has 0 spiro atoms. The Labute approximate surface area is 432 Å². The molecule has 8 heteroatoms. The summed E-state index contributed by atoms with van der Waals surface area (Å²) >= 11 is 13.6. The molecule has 0 unspecified atom stereocenters.